The minimum absolute atomic E-state index is 0.0204. The van der Waals surface area contributed by atoms with Gasteiger partial charge in [0.15, 0.2) is 11.9 Å². The molecule has 0 aromatic heterocycles. The average molecular weight is 890 g/mol. The van der Waals surface area contributed by atoms with Crippen LogP contribution in [0.25, 0.3) is 0 Å². The van der Waals surface area contributed by atoms with Crippen LogP contribution in [0, 0.1) is 29.6 Å². The molecule has 5 rings (SSSR count). The molecule has 3 unspecified atom stereocenters. The number of hydrogen-bond donors (Lipinski definition) is 2. The summed E-state index contributed by atoms with van der Waals surface area (Å²) in [6.07, 6.45) is 4.63. The minimum Gasteiger partial charge on any atom is -0.464 e. The van der Waals surface area contributed by atoms with E-state index in [0.29, 0.717) is 75.5 Å². The van der Waals surface area contributed by atoms with E-state index in [1.54, 1.807) is 21.0 Å². The number of ether oxygens (including phenoxy) is 7. The maximum atomic E-state index is 14.5. The van der Waals surface area contributed by atoms with Crippen LogP contribution in [0.1, 0.15) is 125 Å². The number of methoxy groups -OCH3 is 3. The summed E-state index contributed by atoms with van der Waals surface area (Å²) in [5.41, 5.74) is 1.29. The van der Waals surface area contributed by atoms with Crippen molar-refractivity contribution >= 4 is 29.4 Å². The number of carbonyl (C=O) groups excluding carboxylic acids is 5. The SMILES string of the molecule is CCCC1=CC(C)C[C@H](C)C[C@H](OC)C2O[C@@](O)(C(=O)C(=O)N3CCCC[C@H]3C(=O)O[C@H](C(C)=C[C@@H]3CC[C@@H](OC4CCOC4=O)[C@H](OC)C3)[C@H](C)[C@@H](O)CC1=O)[C@H](C)C[C@@H]2OC. The van der Waals surface area contributed by atoms with E-state index in [1.165, 1.54) is 19.1 Å². The normalized spacial score (nSPS) is 39.8. The lowest BCUT2D eigenvalue weighted by molar-refractivity contribution is -0.302. The standard InChI is InChI=1S/C48H75NO14/c1-10-13-33-21-27(2)20-28(3)22-40(58-8)43-41(59-9)24-30(5)48(56,63-43)44(52)45(53)49-18-12-11-14-34(49)46(54)62-42(31(6)35(50)26-36(33)51)29(4)23-32-15-16-37(39(25-32)57-7)61-38-17-19-60-47(38)55/h21,23,27-28,30-32,34-35,37-43,50,56H,10-20,22,24-26H2,1-9H3/t27?,28-,30+,31+,32-,34-,35-,37+,38?,39+,40-,41-,42+,43?,48+/m0/s1. The van der Waals surface area contributed by atoms with Gasteiger partial charge in [-0.25, -0.2) is 9.59 Å². The van der Waals surface area contributed by atoms with Gasteiger partial charge < -0.3 is 48.3 Å². The van der Waals surface area contributed by atoms with Crippen LogP contribution < -0.4 is 0 Å². The predicted molar refractivity (Wildman–Crippen MR) is 231 cm³/mol. The summed E-state index contributed by atoms with van der Waals surface area (Å²) >= 11 is 0. The van der Waals surface area contributed by atoms with Gasteiger partial charge in [-0.3, -0.25) is 14.4 Å². The van der Waals surface area contributed by atoms with Crippen LogP contribution in [0.4, 0.5) is 0 Å². The number of esters is 2. The van der Waals surface area contributed by atoms with E-state index in [2.05, 4.69) is 6.92 Å². The Morgan fingerprint density at radius 1 is 0.873 bits per heavy atom. The van der Waals surface area contributed by atoms with Crippen LogP contribution in [-0.4, -0.2) is 140 Å². The van der Waals surface area contributed by atoms with E-state index < -0.39 is 77.9 Å². The summed E-state index contributed by atoms with van der Waals surface area (Å²) in [4.78, 5) is 70.6. The molecule has 63 heavy (non-hydrogen) atoms. The lowest BCUT2D eigenvalue weighted by Gasteiger charge is -2.47. The highest BCUT2D eigenvalue weighted by molar-refractivity contribution is 6.39. The molecule has 0 spiro atoms. The van der Waals surface area contributed by atoms with Crippen molar-refractivity contribution in [1.82, 2.24) is 4.90 Å². The van der Waals surface area contributed by atoms with E-state index in [1.807, 2.05) is 32.9 Å². The molecular formula is C48H75NO14. The van der Waals surface area contributed by atoms with Gasteiger partial charge in [0.1, 0.15) is 18.2 Å². The molecule has 4 fully saturated rings. The van der Waals surface area contributed by atoms with Crippen molar-refractivity contribution in [2.24, 2.45) is 29.6 Å². The first-order valence-corrected chi connectivity index (χ1v) is 23.4. The minimum atomic E-state index is -2.52. The second-order valence-electron chi connectivity index (χ2n) is 19.1. The molecule has 1 amide bonds. The van der Waals surface area contributed by atoms with Crippen molar-refractivity contribution in [3.8, 4) is 0 Å². The molecule has 3 saturated heterocycles. The van der Waals surface area contributed by atoms with Gasteiger partial charge in [-0.1, -0.05) is 53.2 Å². The Kier molecular flexibility index (Phi) is 18.5. The first-order valence-electron chi connectivity index (χ1n) is 23.4. The number of carbonyl (C=O) groups is 5. The zero-order valence-electron chi connectivity index (χ0n) is 39.1. The number of rotatable bonds is 9. The molecule has 0 aromatic rings. The van der Waals surface area contributed by atoms with Crippen molar-refractivity contribution in [2.45, 2.75) is 186 Å². The van der Waals surface area contributed by atoms with Gasteiger partial charge in [-0.05, 0) is 100 Å². The molecule has 1 saturated carbocycles. The van der Waals surface area contributed by atoms with Crippen LogP contribution in [0.15, 0.2) is 23.3 Å². The van der Waals surface area contributed by atoms with E-state index in [0.717, 1.165) is 6.42 Å². The number of ketones is 2. The Morgan fingerprint density at radius 2 is 1.57 bits per heavy atom. The molecule has 15 atom stereocenters. The fourth-order valence-corrected chi connectivity index (χ4v) is 10.5. The number of nitrogens with zero attached hydrogens (tertiary/aromatic N) is 1. The monoisotopic (exact) mass is 890 g/mol. The highest BCUT2D eigenvalue weighted by atomic mass is 16.7. The second kappa shape index (κ2) is 22.9. The second-order valence-corrected chi connectivity index (χ2v) is 19.1. The number of allylic oxidation sites excluding steroid dienone is 3. The van der Waals surface area contributed by atoms with Gasteiger partial charge in [-0.2, -0.15) is 0 Å². The lowest BCUT2D eigenvalue weighted by atomic mass is 9.81. The highest BCUT2D eigenvalue weighted by Gasteiger charge is 2.56. The molecule has 356 valence electrons. The number of amides is 1. The van der Waals surface area contributed by atoms with E-state index in [9.17, 15) is 34.2 Å². The number of Topliss-reactive ketones (excluding diaryl/α,β-unsaturated/α-hetero) is 2. The number of aliphatic hydroxyl groups is 2. The van der Waals surface area contributed by atoms with Crippen LogP contribution in [0.2, 0.25) is 0 Å². The Labute approximate surface area is 373 Å². The van der Waals surface area contributed by atoms with Crippen molar-refractivity contribution in [2.75, 3.05) is 34.5 Å². The maximum absolute atomic E-state index is 14.5. The topological polar surface area (TPSA) is 194 Å². The summed E-state index contributed by atoms with van der Waals surface area (Å²) < 4.78 is 41.5. The quantitative estimate of drug-likeness (QED) is 0.174. The van der Waals surface area contributed by atoms with E-state index >= 15 is 0 Å². The Balaban J connectivity index is 1.50. The lowest BCUT2D eigenvalue weighted by Crippen LogP contribution is -2.64. The highest BCUT2D eigenvalue weighted by Crippen LogP contribution is 2.40. The molecule has 4 heterocycles. The van der Waals surface area contributed by atoms with E-state index in [4.69, 9.17) is 33.2 Å². The largest absolute Gasteiger partial charge is 0.464 e. The first kappa shape index (κ1) is 50.9. The molecule has 5 aliphatic rings. The van der Waals surface area contributed by atoms with Crippen LogP contribution in [0.5, 0.6) is 0 Å². The molecule has 1 aliphatic carbocycles. The van der Waals surface area contributed by atoms with E-state index in [-0.39, 0.29) is 67.5 Å². The van der Waals surface area contributed by atoms with Gasteiger partial charge in [0.2, 0.25) is 5.79 Å². The third-order valence-electron chi connectivity index (χ3n) is 14.2. The van der Waals surface area contributed by atoms with Gasteiger partial charge in [0, 0.05) is 52.6 Å². The molecule has 0 aromatic carbocycles. The third-order valence-corrected chi connectivity index (χ3v) is 14.2. The predicted octanol–water partition coefficient (Wildman–Crippen LogP) is 5.20. The van der Waals surface area contributed by atoms with Crippen molar-refractivity contribution in [3.05, 3.63) is 23.3 Å². The Morgan fingerprint density at radius 3 is 2.22 bits per heavy atom. The van der Waals surface area contributed by atoms with Crippen LogP contribution in [-0.2, 0) is 57.1 Å². The summed E-state index contributed by atoms with van der Waals surface area (Å²) in [7, 11) is 4.68. The molecule has 0 radical (unpaired) electrons. The van der Waals surface area contributed by atoms with Gasteiger partial charge in [-0.15, -0.1) is 0 Å². The molecule has 2 bridgehead atoms. The maximum Gasteiger partial charge on any atom is 0.335 e. The van der Waals surface area contributed by atoms with Crippen LogP contribution in [0.3, 0.4) is 0 Å². The summed E-state index contributed by atoms with van der Waals surface area (Å²) in [6.45, 7) is 11.7. The average Bonchev–Trinajstić information content (AvgIpc) is 3.67. The van der Waals surface area contributed by atoms with Crippen LogP contribution >= 0.6 is 0 Å². The number of fused-ring (bicyclic) bond motifs is 3. The summed E-state index contributed by atoms with van der Waals surface area (Å²) in [5, 5.41) is 24.0. The number of piperidine rings is 1. The zero-order valence-corrected chi connectivity index (χ0v) is 39.1. The number of cyclic esters (lactones) is 2. The Bertz CT molecular complexity index is 1660. The first-order chi connectivity index (χ1) is 29.9. The molecule has 15 nitrogen and oxygen atoms in total. The van der Waals surface area contributed by atoms with Gasteiger partial charge in [0.05, 0.1) is 37.1 Å². The fourth-order valence-electron chi connectivity index (χ4n) is 10.5. The van der Waals surface area contributed by atoms with Crippen molar-refractivity contribution in [3.63, 3.8) is 0 Å². The van der Waals surface area contributed by atoms with Gasteiger partial charge >= 0.3 is 11.9 Å². The fraction of sp³-hybridized carbons (Fsp3) is 0.812. The Hall–Kier alpha value is -3.05. The molecule has 15 heteroatoms. The number of hydrogen-bond acceptors (Lipinski definition) is 14. The summed E-state index contributed by atoms with van der Waals surface area (Å²) in [5.74, 6) is -7.62. The molecule has 4 aliphatic heterocycles. The molecular weight excluding hydrogens is 815 g/mol. The smallest absolute Gasteiger partial charge is 0.335 e. The van der Waals surface area contributed by atoms with Gasteiger partial charge in [0.25, 0.3) is 11.7 Å². The summed E-state index contributed by atoms with van der Waals surface area (Å²) in [6, 6.07) is -1.16. The number of aliphatic hydroxyl groups excluding tert-OH is 1. The third kappa shape index (κ3) is 12.2. The molecule has 2 N–H and O–H groups in total. The zero-order chi connectivity index (χ0) is 46.2. The van der Waals surface area contributed by atoms with Crippen molar-refractivity contribution < 1.29 is 67.3 Å². The van der Waals surface area contributed by atoms with Crippen molar-refractivity contribution in [1.29, 1.82) is 0 Å².